The predicted octanol–water partition coefficient (Wildman–Crippen LogP) is 2.82. The van der Waals surface area contributed by atoms with Gasteiger partial charge < -0.3 is 9.64 Å². The van der Waals surface area contributed by atoms with Crippen LogP contribution in [0.15, 0.2) is 0 Å². The highest BCUT2D eigenvalue weighted by molar-refractivity contribution is 6.07. The Morgan fingerprint density at radius 2 is 1.65 bits per heavy atom. The Morgan fingerprint density at radius 3 is 2.15 bits per heavy atom. The molecule has 1 spiro atoms. The van der Waals surface area contributed by atoms with E-state index in [4.69, 9.17) is 4.74 Å². The number of likely N-dealkylation sites (tertiary alicyclic amines) is 1. The van der Waals surface area contributed by atoms with E-state index in [2.05, 4.69) is 39.5 Å². The molecule has 2 aliphatic rings. The van der Waals surface area contributed by atoms with E-state index in [0.717, 1.165) is 32.4 Å². The van der Waals surface area contributed by atoms with Crippen LogP contribution in [0.1, 0.15) is 53.9 Å². The van der Waals surface area contributed by atoms with Crippen molar-refractivity contribution in [2.45, 2.75) is 65.5 Å². The summed E-state index contributed by atoms with van der Waals surface area (Å²) in [6.07, 6.45) is 2.37. The second-order valence-corrected chi connectivity index (χ2v) is 8.80. The first kappa shape index (κ1) is 21.2. The van der Waals surface area contributed by atoms with Gasteiger partial charge in [0.15, 0.2) is 0 Å². The fourth-order valence-corrected chi connectivity index (χ4v) is 4.17. The number of imide groups is 1. The molecule has 2 saturated heterocycles. The van der Waals surface area contributed by atoms with Crippen LogP contribution >= 0.6 is 0 Å². The molecule has 0 bridgehead atoms. The average molecular weight is 368 g/mol. The highest BCUT2D eigenvalue weighted by Gasteiger charge is 2.57. The molecule has 3 amide bonds. The molecule has 0 aliphatic carbocycles. The van der Waals surface area contributed by atoms with E-state index >= 15 is 0 Å². The van der Waals surface area contributed by atoms with Crippen LogP contribution in [-0.4, -0.2) is 78.1 Å². The fourth-order valence-electron chi connectivity index (χ4n) is 4.17. The van der Waals surface area contributed by atoms with Gasteiger partial charge in [-0.3, -0.25) is 14.6 Å². The lowest BCUT2D eigenvalue weighted by Gasteiger charge is -2.44. The summed E-state index contributed by atoms with van der Waals surface area (Å²) in [7, 11) is 1.72. The first-order valence-corrected chi connectivity index (χ1v) is 10.1. The number of nitrogens with zero attached hydrogens (tertiary/aromatic N) is 3. The van der Waals surface area contributed by atoms with Gasteiger partial charge in [-0.15, -0.1) is 0 Å². The first-order valence-electron chi connectivity index (χ1n) is 10.1. The van der Waals surface area contributed by atoms with E-state index in [0.29, 0.717) is 31.7 Å². The fraction of sp³-hybridized carbons (Fsp3) is 0.900. The summed E-state index contributed by atoms with van der Waals surface area (Å²) in [4.78, 5) is 32.1. The van der Waals surface area contributed by atoms with Crippen molar-refractivity contribution in [1.82, 2.24) is 14.7 Å². The van der Waals surface area contributed by atoms with Gasteiger partial charge in [0.25, 0.3) is 5.91 Å². The summed E-state index contributed by atoms with van der Waals surface area (Å²) in [5, 5.41) is 0. The molecule has 1 unspecified atom stereocenters. The number of hydrogen-bond donors (Lipinski definition) is 0. The Labute approximate surface area is 158 Å². The van der Waals surface area contributed by atoms with E-state index < -0.39 is 5.54 Å². The van der Waals surface area contributed by atoms with Gasteiger partial charge in [0.2, 0.25) is 0 Å². The molecule has 26 heavy (non-hydrogen) atoms. The highest BCUT2D eigenvalue weighted by atomic mass is 16.5. The second kappa shape index (κ2) is 8.70. The van der Waals surface area contributed by atoms with Gasteiger partial charge in [-0.2, -0.15) is 0 Å². The Hall–Kier alpha value is -1.14. The van der Waals surface area contributed by atoms with Crippen molar-refractivity contribution in [3.63, 3.8) is 0 Å². The number of urea groups is 1. The molecule has 2 rings (SSSR count). The average Bonchev–Trinajstić information content (AvgIpc) is 2.75. The van der Waals surface area contributed by atoms with E-state index in [-0.39, 0.29) is 17.9 Å². The maximum atomic E-state index is 13.3. The zero-order valence-corrected chi connectivity index (χ0v) is 17.5. The molecule has 0 radical (unpaired) electrons. The van der Waals surface area contributed by atoms with Crippen LogP contribution in [0.2, 0.25) is 0 Å². The van der Waals surface area contributed by atoms with E-state index in [1.807, 2.05) is 4.90 Å². The third-order valence-corrected chi connectivity index (χ3v) is 5.76. The van der Waals surface area contributed by atoms with Crippen molar-refractivity contribution in [1.29, 1.82) is 0 Å². The minimum Gasteiger partial charge on any atom is -0.383 e. The minimum atomic E-state index is -0.635. The van der Waals surface area contributed by atoms with Crippen molar-refractivity contribution in [3.05, 3.63) is 0 Å². The Kier molecular flexibility index (Phi) is 7.08. The maximum absolute atomic E-state index is 13.3. The number of ether oxygens (including phenoxy) is 1. The number of hydrogen-bond acceptors (Lipinski definition) is 4. The number of carbonyl (C=O) groups excluding carboxylic acids is 2. The van der Waals surface area contributed by atoms with Crippen molar-refractivity contribution in [2.24, 2.45) is 11.8 Å². The van der Waals surface area contributed by atoms with Crippen LogP contribution in [0, 0.1) is 11.8 Å². The standard InChI is InChI=1S/C20H37N3O3/c1-15(2)7-10-23-19(25)22(13-16(3)4)18(24)20(23)8-11-21(12-9-20)17(5)14-26-6/h15-17H,7-14H2,1-6H3. The SMILES string of the molecule is COCC(C)N1CCC2(CC1)C(=O)N(CC(C)C)C(=O)N2CCC(C)C. The molecule has 0 saturated carbocycles. The second-order valence-electron chi connectivity index (χ2n) is 8.80. The molecule has 150 valence electrons. The van der Waals surface area contributed by atoms with Crippen molar-refractivity contribution >= 4 is 11.9 Å². The molecule has 6 nitrogen and oxygen atoms in total. The highest BCUT2D eigenvalue weighted by Crippen LogP contribution is 2.38. The molecule has 1 atom stereocenters. The largest absolute Gasteiger partial charge is 0.383 e. The normalized spacial score (nSPS) is 22.3. The number of carbonyl (C=O) groups is 2. The van der Waals surface area contributed by atoms with Crippen molar-refractivity contribution < 1.29 is 14.3 Å². The minimum absolute atomic E-state index is 0.0269. The summed E-state index contributed by atoms with van der Waals surface area (Å²) < 4.78 is 5.28. The monoisotopic (exact) mass is 367 g/mol. The van der Waals surface area contributed by atoms with Crippen molar-refractivity contribution in [2.75, 3.05) is 39.9 Å². The van der Waals surface area contributed by atoms with Gasteiger partial charge in [0, 0.05) is 39.3 Å². The Bertz CT molecular complexity index is 499. The lowest BCUT2D eigenvalue weighted by atomic mass is 9.85. The third kappa shape index (κ3) is 4.22. The first-order chi connectivity index (χ1) is 12.2. The lowest BCUT2D eigenvalue weighted by Crippen LogP contribution is -2.58. The zero-order valence-electron chi connectivity index (χ0n) is 17.5. The van der Waals surface area contributed by atoms with Gasteiger partial charge in [0.1, 0.15) is 5.54 Å². The number of methoxy groups -OCH3 is 1. The molecule has 0 aromatic rings. The molecule has 2 fully saturated rings. The molecular weight excluding hydrogens is 330 g/mol. The zero-order chi connectivity index (χ0) is 19.5. The summed E-state index contributed by atoms with van der Waals surface area (Å²) in [6, 6.07) is 0.253. The van der Waals surface area contributed by atoms with Gasteiger partial charge in [-0.25, -0.2) is 4.79 Å². The molecule has 6 heteroatoms. The van der Waals surface area contributed by atoms with Crippen molar-refractivity contribution in [3.8, 4) is 0 Å². The van der Waals surface area contributed by atoms with Gasteiger partial charge in [-0.05, 0) is 38.0 Å². The summed E-state index contributed by atoms with van der Waals surface area (Å²) in [6.45, 7) is 14.1. The Morgan fingerprint density at radius 1 is 1.04 bits per heavy atom. The van der Waals surface area contributed by atoms with Crippen LogP contribution < -0.4 is 0 Å². The smallest absolute Gasteiger partial charge is 0.327 e. The molecule has 2 aliphatic heterocycles. The quantitative estimate of drug-likeness (QED) is 0.619. The number of rotatable bonds is 8. The van der Waals surface area contributed by atoms with E-state index in [9.17, 15) is 9.59 Å². The Balaban J connectivity index is 2.19. The third-order valence-electron chi connectivity index (χ3n) is 5.76. The van der Waals surface area contributed by atoms with Crippen LogP contribution in [0.5, 0.6) is 0 Å². The summed E-state index contributed by atoms with van der Waals surface area (Å²) in [5.41, 5.74) is -0.635. The number of piperidine rings is 1. The van der Waals surface area contributed by atoms with Gasteiger partial charge >= 0.3 is 6.03 Å². The molecular formula is C20H37N3O3. The maximum Gasteiger partial charge on any atom is 0.327 e. The lowest BCUT2D eigenvalue weighted by molar-refractivity contribution is -0.136. The topological polar surface area (TPSA) is 53.1 Å². The van der Waals surface area contributed by atoms with Gasteiger partial charge in [-0.1, -0.05) is 27.7 Å². The molecule has 0 N–H and O–H groups in total. The van der Waals surface area contributed by atoms with Crippen LogP contribution in [0.25, 0.3) is 0 Å². The van der Waals surface area contributed by atoms with Crippen LogP contribution in [-0.2, 0) is 9.53 Å². The van der Waals surface area contributed by atoms with E-state index in [1.54, 1.807) is 7.11 Å². The molecule has 2 heterocycles. The predicted molar refractivity (Wildman–Crippen MR) is 103 cm³/mol. The molecule has 0 aromatic heterocycles. The summed E-state index contributed by atoms with van der Waals surface area (Å²) >= 11 is 0. The number of amides is 3. The van der Waals surface area contributed by atoms with Crippen LogP contribution in [0.3, 0.4) is 0 Å². The van der Waals surface area contributed by atoms with Crippen LogP contribution in [0.4, 0.5) is 4.79 Å². The van der Waals surface area contributed by atoms with Gasteiger partial charge in [0.05, 0.1) is 6.61 Å². The van der Waals surface area contributed by atoms with E-state index in [1.165, 1.54) is 4.90 Å². The summed E-state index contributed by atoms with van der Waals surface area (Å²) in [5.74, 6) is 0.821. The molecule has 0 aromatic carbocycles.